The molecule has 5 rings (SSSR count). The number of nitrogens with two attached hydrogens (primary N) is 1. The van der Waals surface area contributed by atoms with Crippen molar-refractivity contribution >= 4 is 11.5 Å². The van der Waals surface area contributed by atoms with Crippen molar-refractivity contribution < 1.29 is 4.42 Å². The molecule has 4 heterocycles. The Morgan fingerprint density at radius 2 is 2.03 bits per heavy atom. The molecule has 4 aromatic heterocycles. The maximum absolute atomic E-state index is 9.32. The van der Waals surface area contributed by atoms with Gasteiger partial charge < -0.3 is 10.2 Å². The number of pyridine rings is 1. The van der Waals surface area contributed by atoms with E-state index in [0.717, 1.165) is 5.69 Å². The molecule has 0 saturated heterocycles. The van der Waals surface area contributed by atoms with Crippen molar-refractivity contribution in [3.05, 3.63) is 77.8 Å². The van der Waals surface area contributed by atoms with Gasteiger partial charge in [0, 0.05) is 17.5 Å². The highest BCUT2D eigenvalue weighted by Crippen LogP contribution is 2.34. The second-order valence-electron chi connectivity index (χ2n) is 6.92. The molecule has 0 fully saturated rings. The summed E-state index contributed by atoms with van der Waals surface area (Å²) in [6.07, 6.45) is 3.54. The maximum Gasteiger partial charge on any atom is 0.199 e. The number of nitriles is 1. The van der Waals surface area contributed by atoms with Crippen LogP contribution in [0.25, 0.3) is 28.4 Å². The van der Waals surface area contributed by atoms with E-state index in [1.807, 2.05) is 31.2 Å². The highest BCUT2D eigenvalue weighted by molar-refractivity contribution is 5.81. The van der Waals surface area contributed by atoms with Crippen LogP contribution < -0.4 is 5.73 Å². The normalized spacial score (nSPS) is 11.0. The monoisotopic (exact) mass is 408 g/mol. The minimum atomic E-state index is 0.220. The summed E-state index contributed by atoms with van der Waals surface area (Å²) in [5, 5.41) is 14.0. The van der Waals surface area contributed by atoms with Gasteiger partial charge in [0.15, 0.2) is 29.4 Å². The van der Waals surface area contributed by atoms with Crippen molar-refractivity contribution in [2.75, 3.05) is 5.73 Å². The van der Waals surface area contributed by atoms with Crippen molar-refractivity contribution in [3.8, 4) is 28.8 Å². The van der Waals surface area contributed by atoms with E-state index in [1.54, 1.807) is 28.9 Å². The summed E-state index contributed by atoms with van der Waals surface area (Å²) in [5.41, 5.74) is 10.5. The molecule has 0 aliphatic heterocycles. The Balaban J connectivity index is 1.77. The number of rotatable bonds is 4. The van der Waals surface area contributed by atoms with E-state index in [-0.39, 0.29) is 5.82 Å². The van der Waals surface area contributed by atoms with Gasteiger partial charge in [-0.25, -0.2) is 19.5 Å². The molecular formula is C22H16N8O. The van der Waals surface area contributed by atoms with Crippen LogP contribution in [0.3, 0.4) is 0 Å². The summed E-state index contributed by atoms with van der Waals surface area (Å²) in [6.45, 7) is 1.84. The number of anilines is 1. The van der Waals surface area contributed by atoms with Crippen LogP contribution in [0.4, 0.5) is 5.82 Å². The molecule has 2 N–H and O–H groups in total. The van der Waals surface area contributed by atoms with Gasteiger partial charge in [-0.2, -0.15) is 5.26 Å². The summed E-state index contributed by atoms with van der Waals surface area (Å²) in [7, 11) is 0. The van der Waals surface area contributed by atoms with Crippen LogP contribution in [0.15, 0.2) is 59.5 Å². The minimum absolute atomic E-state index is 0.220. The lowest BCUT2D eigenvalue weighted by molar-refractivity contribution is 0.567. The highest BCUT2D eigenvalue weighted by atomic mass is 16.3. The zero-order valence-corrected chi connectivity index (χ0v) is 16.5. The average molecular weight is 408 g/mol. The molecule has 1 aromatic carbocycles. The number of nitrogens with zero attached hydrogens (tertiary/aromatic N) is 7. The molecule has 0 spiro atoms. The van der Waals surface area contributed by atoms with Gasteiger partial charge in [-0.1, -0.05) is 18.2 Å². The average Bonchev–Trinajstić information content (AvgIpc) is 3.41. The van der Waals surface area contributed by atoms with Gasteiger partial charge in [-0.15, -0.1) is 5.10 Å². The van der Waals surface area contributed by atoms with E-state index in [4.69, 9.17) is 10.2 Å². The summed E-state index contributed by atoms with van der Waals surface area (Å²) >= 11 is 0. The van der Waals surface area contributed by atoms with E-state index in [1.165, 1.54) is 6.39 Å². The molecule has 31 heavy (non-hydrogen) atoms. The second kappa shape index (κ2) is 7.35. The van der Waals surface area contributed by atoms with Gasteiger partial charge in [-0.3, -0.25) is 4.98 Å². The topological polar surface area (TPSA) is 132 Å². The van der Waals surface area contributed by atoms with E-state index in [2.05, 4.69) is 31.1 Å². The number of aromatic nitrogens is 6. The van der Waals surface area contributed by atoms with Crippen LogP contribution in [0, 0.1) is 18.3 Å². The number of hydrogen-bond acceptors (Lipinski definition) is 8. The fourth-order valence-electron chi connectivity index (χ4n) is 3.41. The van der Waals surface area contributed by atoms with Crippen molar-refractivity contribution in [1.82, 2.24) is 29.5 Å². The molecule has 0 bridgehead atoms. The molecule has 9 nitrogen and oxygen atoms in total. The molecule has 0 radical (unpaired) electrons. The van der Waals surface area contributed by atoms with Crippen molar-refractivity contribution in [3.63, 3.8) is 0 Å². The molecule has 0 aliphatic carbocycles. The highest BCUT2D eigenvalue weighted by Gasteiger charge is 2.23. The van der Waals surface area contributed by atoms with Gasteiger partial charge in [0.05, 0.1) is 23.7 Å². The first-order chi connectivity index (χ1) is 15.1. The Morgan fingerprint density at radius 1 is 1.13 bits per heavy atom. The number of benzene rings is 1. The molecular weight excluding hydrogens is 392 g/mol. The molecule has 0 aliphatic rings. The van der Waals surface area contributed by atoms with E-state index < -0.39 is 0 Å². The van der Waals surface area contributed by atoms with E-state index >= 15 is 0 Å². The lowest BCUT2D eigenvalue weighted by Crippen LogP contribution is -2.05. The fourth-order valence-corrected chi connectivity index (χ4v) is 3.41. The third-order valence-electron chi connectivity index (χ3n) is 4.84. The molecule has 0 atom stereocenters. The zero-order chi connectivity index (χ0) is 21.4. The summed E-state index contributed by atoms with van der Waals surface area (Å²) in [5.74, 6) is 1.27. The van der Waals surface area contributed by atoms with Crippen LogP contribution in [0.2, 0.25) is 0 Å². The van der Waals surface area contributed by atoms with Gasteiger partial charge in [0.25, 0.3) is 0 Å². The van der Waals surface area contributed by atoms with Gasteiger partial charge in [0.2, 0.25) is 0 Å². The smallest absolute Gasteiger partial charge is 0.199 e. The largest absolute Gasteiger partial charge is 0.441 e. The van der Waals surface area contributed by atoms with Gasteiger partial charge in [0.1, 0.15) is 11.4 Å². The standard InChI is InChI=1S/C22H16N8O/c1-13-20(31-12-26-13)19-18(15-6-4-5-14(9-15)11-23)28-21(24)22-27-17(29-30(19)22)10-16-7-2-3-8-25-16/h2-9,12H,10H2,1H3,(H2,24,28). The Labute approximate surface area is 176 Å². The van der Waals surface area contributed by atoms with Gasteiger partial charge in [-0.05, 0) is 31.2 Å². The lowest BCUT2D eigenvalue weighted by atomic mass is 10.0. The van der Waals surface area contributed by atoms with Crippen molar-refractivity contribution in [2.24, 2.45) is 0 Å². The summed E-state index contributed by atoms with van der Waals surface area (Å²) in [4.78, 5) is 17.7. The molecule has 5 aromatic rings. The van der Waals surface area contributed by atoms with Crippen LogP contribution >= 0.6 is 0 Å². The Kier molecular flexibility index (Phi) is 4.37. The predicted molar refractivity (Wildman–Crippen MR) is 113 cm³/mol. The van der Waals surface area contributed by atoms with Gasteiger partial charge >= 0.3 is 0 Å². The minimum Gasteiger partial charge on any atom is -0.441 e. The third-order valence-corrected chi connectivity index (χ3v) is 4.84. The SMILES string of the molecule is Cc1ncoc1-c1c(-c2cccc(C#N)c2)nc(N)c2nc(Cc3ccccn3)nn12. The molecule has 0 saturated carbocycles. The summed E-state index contributed by atoms with van der Waals surface area (Å²) in [6, 6.07) is 15.0. The van der Waals surface area contributed by atoms with E-state index in [0.29, 0.717) is 51.9 Å². The van der Waals surface area contributed by atoms with Crippen LogP contribution in [0.1, 0.15) is 22.8 Å². The first-order valence-electron chi connectivity index (χ1n) is 9.50. The van der Waals surface area contributed by atoms with Crippen LogP contribution in [-0.4, -0.2) is 29.5 Å². The molecule has 0 amide bonds. The number of hydrogen-bond donors (Lipinski definition) is 1. The lowest BCUT2D eigenvalue weighted by Gasteiger charge is -2.11. The number of oxazole rings is 1. The Morgan fingerprint density at radius 3 is 2.77 bits per heavy atom. The maximum atomic E-state index is 9.32. The first-order valence-corrected chi connectivity index (χ1v) is 9.50. The Bertz CT molecular complexity index is 1450. The third kappa shape index (κ3) is 3.26. The molecule has 0 unspecified atom stereocenters. The predicted octanol–water partition coefficient (Wildman–Crippen LogP) is 3.19. The summed E-state index contributed by atoms with van der Waals surface area (Å²) < 4.78 is 7.31. The molecule has 150 valence electrons. The fraction of sp³-hybridized carbons (Fsp3) is 0.0909. The van der Waals surface area contributed by atoms with Crippen molar-refractivity contribution in [2.45, 2.75) is 13.3 Å². The molecule has 9 heteroatoms. The number of aryl methyl sites for hydroxylation is 1. The quantitative estimate of drug-likeness (QED) is 0.479. The Hall–Kier alpha value is -4.58. The van der Waals surface area contributed by atoms with E-state index in [9.17, 15) is 5.26 Å². The number of nitrogen functional groups attached to an aromatic ring is 1. The number of fused-ring (bicyclic) bond motifs is 1. The second-order valence-corrected chi connectivity index (χ2v) is 6.92. The first kappa shape index (κ1) is 18.4. The van der Waals surface area contributed by atoms with Crippen molar-refractivity contribution in [1.29, 1.82) is 5.26 Å². The van der Waals surface area contributed by atoms with Crippen LogP contribution in [-0.2, 0) is 6.42 Å². The zero-order valence-electron chi connectivity index (χ0n) is 16.5. The van der Waals surface area contributed by atoms with Crippen LogP contribution in [0.5, 0.6) is 0 Å².